The Balaban J connectivity index is 2.36. The number of rotatable bonds is 3. The van der Waals surface area contributed by atoms with Gasteiger partial charge < -0.3 is 4.43 Å². The zero-order valence-electron chi connectivity index (χ0n) is 12.7. The minimum Gasteiger partial charge on any atom is -0.546 e. The Hall–Kier alpha value is -1.88. The highest BCUT2D eigenvalue weighted by Gasteiger charge is 2.07. The maximum Gasteiger partial charge on any atom is 0.229 e. The summed E-state index contributed by atoms with van der Waals surface area (Å²) in [5, 5.41) is 4.37. The number of nitrogens with zero attached hydrogens (tertiary/aromatic N) is 3. The van der Waals surface area contributed by atoms with E-state index < -0.39 is 9.04 Å². The molecule has 0 fully saturated rings. The molecule has 2 aromatic rings. The lowest BCUT2D eigenvalue weighted by Gasteiger charge is -2.13. The molecule has 0 aliphatic heterocycles. The van der Waals surface area contributed by atoms with Crippen LogP contribution in [0.4, 0.5) is 5.69 Å². The summed E-state index contributed by atoms with van der Waals surface area (Å²) in [7, 11) is -1.15. The Kier molecular flexibility index (Phi) is 4.39. The number of hydrogen-bond donors (Lipinski definition) is 0. The van der Waals surface area contributed by atoms with Gasteiger partial charge in [0.25, 0.3) is 0 Å². The fourth-order valence-electron chi connectivity index (χ4n) is 1.88. The molecule has 0 aliphatic rings. The maximum absolute atomic E-state index is 5.97. The third kappa shape index (κ3) is 3.57. The summed E-state index contributed by atoms with van der Waals surface area (Å²) in [4.78, 5) is 4.65. The van der Waals surface area contributed by atoms with E-state index in [4.69, 9.17) is 4.43 Å². The molecule has 1 aromatic carbocycles. The van der Waals surface area contributed by atoms with Crippen LogP contribution in [-0.4, -0.2) is 24.7 Å². The van der Waals surface area contributed by atoms with Crippen molar-refractivity contribution in [3.8, 4) is 5.75 Å². The van der Waals surface area contributed by atoms with Crippen molar-refractivity contribution in [3.05, 3.63) is 41.7 Å². The zero-order valence-corrected chi connectivity index (χ0v) is 13.9. The molecule has 1 heterocycles. The van der Waals surface area contributed by atoms with Crippen LogP contribution in [0.15, 0.2) is 35.5 Å². The van der Waals surface area contributed by atoms with Crippen LogP contribution in [0, 0.1) is 13.8 Å². The topological polar surface area (TPSA) is 39.4 Å². The van der Waals surface area contributed by atoms with Gasteiger partial charge in [-0.1, -0.05) is 6.07 Å². The Morgan fingerprint density at radius 2 is 2.00 bits per heavy atom. The zero-order chi connectivity index (χ0) is 14.7. The average Bonchev–Trinajstić information content (AvgIpc) is 2.78. The number of aliphatic imine (C=N–C) groups is 1. The maximum atomic E-state index is 5.97. The summed E-state index contributed by atoms with van der Waals surface area (Å²) in [5.74, 6) is 1.70. The van der Waals surface area contributed by atoms with Crippen LogP contribution < -0.4 is 4.43 Å². The van der Waals surface area contributed by atoms with E-state index in [0.29, 0.717) is 0 Å². The van der Waals surface area contributed by atoms with Crippen molar-refractivity contribution in [1.29, 1.82) is 0 Å². The summed E-state index contributed by atoms with van der Waals surface area (Å²) in [6.07, 6.45) is 1.92. The first kappa shape index (κ1) is 14.5. The molecule has 1 aromatic heterocycles. The molecule has 0 amide bonds. The SMILES string of the molecule is CC(=Nc1ccc(C)cc1O[SiH](C)C)n1ccc(C)n1. The number of aryl methyl sites for hydroxylation is 2. The Labute approximate surface area is 121 Å². The predicted molar refractivity (Wildman–Crippen MR) is 85.8 cm³/mol. The summed E-state index contributed by atoms with van der Waals surface area (Å²) < 4.78 is 7.75. The molecule has 0 unspecified atom stereocenters. The fraction of sp³-hybridized carbons (Fsp3) is 0.333. The van der Waals surface area contributed by atoms with Gasteiger partial charge in [-0.3, -0.25) is 0 Å². The van der Waals surface area contributed by atoms with E-state index in [-0.39, 0.29) is 0 Å². The van der Waals surface area contributed by atoms with Gasteiger partial charge in [-0.2, -0.15) is 5.10 Å². The lowest BCUT2D eigenvalue weighted by molar-refractivity contribution is 0.581. The average molecular weight is 287 g/mol. The van der Waals surface area contributed by atoms with E-state index in [1.54, 1.807) is 4.68 Å². The lowest BCUT2D eigenvalue weighted by Crippen LogP contribution is -2.12. The van der Waals surface area contributed by atoms with Gasteiger partial charge in [0, 0.05) is 6.20 Å². The molecule has 0 spiro atoms. The Morgan fingerprint density at radius 1 is 1.25 bits per heavy atom. The number of hydrogen-bond acceptors (Lipinski definition) is 3. The van der Waals surface area contributed by atoms with E-state index in [1.165, 1.54) is 5.56 Å². The van der Waals surface area contributed by atoms with Gasteiger partial charge in [-0.15, -0.1) is 0 Å². The van der Waals surface area contributed by atoms with Crippen molar-refractivity contribution in [2.75, 3.05) is 0 Å². The highest BCUT2D eigenvalue weighted by atomic mass is 28.3. The second-order valence-corrected chi connectivity index (χ2v) is 7.53. The molecule has 0 atom stereocenters. The molecule has 0 bridgehead atoms. The largest absolute Gasteiger partial charge is 0.546 e. The van der Waals surface area contributed by atoms with Crippen molar-refractivity contribution in [1.82, 2.24) is 9.78 Å². The second-order valence-electron chi connectivity index (χ2n) is 5.20. The van der Waals surface area contributed by atoms with Gasteiger partial charge in [0.05, 0.1) is 5.69 Å². The van der Waals surface area contributed by atoms with E-state index in [1.807, 2.05) is 38.2 Å². The van der Waals surface area contributed by atoms with Gasteiger partial charge in [0.2, 0.25) is 9.04 Å². The molecule has 0 saturated carbocycles. The highest BCUT2D eigenvalue weighted by molar-refractivity contribution is 6.49. The third-order valence-corrected chi connectivity index (χ3v) is 3.54. The third-order valence-electron chi connectivity index (χ3n) is 2.81. The van der Waals surface area contributed by atoms with Gasteiger partial charge in [0.1, 0.15) is 17.3 Å². The lowest BCUT2D eigenvalue weighted by atomic mass is 10.2. The Morgan fingerprint density at radius 3 is 2.60 bits per heavy atom. The molecule has 0 radical (unpaired) electrons. The molecule has 0 N–H and O–H groups in total. The monoisotopic (exact) mass is 287 g/mol. The van der Waals surface area contributed by atoms with Crippen molar-refractivity contribution in [2.45, 2.75) is 33.9 Å². The standard InChI is InChI=1S/C15H21N3OSi/c1-11-6-7-14(15(10-11)19-20(4)5)16-13(3)18-9-8-12(2)17-18/h6-10,20H,1-5H3. The number of aromatic nitrogens is 2. The first-order valence-corrected chi connectivity index (χ1v) is 9.59. The van der Waals surface area contributed by atoms with Crippen LogP contribution in [0.5, 0.6) is 5.75 Å². The van der Waals surface area contributed by atoms with Gasteiger partial charge in [-0.25, -0.2) is 9.67 Å². The second kappa shape index (κ2) is 6.05. The van der Waals surface area contributed by atoms with Crippen LogP contribution in [-0.2, 0) is 0 Å². The van der Waals surface area contributed by atoms with Crippen LogP contribution >= 0.6 is 0 Å². The van der Waals surface area contributed by atoms with Crippen LogP contribution in [0.1, 0.15) is 18.2 Å². The first-order chi connectivity index (χ1) is 9.45. The van der Waals surface area contributed by atoms with Crippen molar-refractivity contribution < 1.29 is 4.43 Å². The number of benzene rings is 1. The minimum absolute atomic E-state index is 0.831. The van der Waals surface area contributed by atoms with E-state index >= 15 is 0 Å². The molecule has 2 rings (SSSR count). The quantitative estimate of drug-likeness (QED) is 0.493. The molecule has 4 nitrogen and oxygen atoms in total. The highest BCUT2D eigenvalue weighted by Crippen LogP contribution is 2.29. The van der Waals surface area contributed by atoms with Gasteiger partial charge in [0.15, 0.2) is 0 Å². The van der Waals surface area contributed by atoms with Crippen molar-refractivity contribution in [2.24, 2.45) is 4.99 Å². The van der Waals surface area contributed by atoms with Crippen LogP contribution in [0.25, 0.3) is 0 Å². The molecular formula is C15H21N3OSi. The minimum atomic E-state index is -1.15. The molecular weight excluding hydrogens is 266 g/mol. The molecule has 20 heavy (non-hydrogen) atoms. The van der Waals surface area contributed by atoms with Crippen LogP contribution in [0.2, 0.25) is 13.1 Å². The summed E-state index contributed by atoms with van der Waals surface area (Å²) in [6, 6.07) is 8.07. The van der Waals surface area contributed by atoms with E-state index in [9.17, 15) is 0 Å². The van der Waals surface area contributed by atoms with Crippen LogP contribution in [0.3, 0.4) is 0 Å². The van der Waals surface area contributed by atoms with E-state index in [2.05, 4.69) is 36.2 Å². The summed E-state index contributed by atoms with van der Waals surface area (Å²) >= 11 is 0. The van der Waals surface area contributed by atoms with Crippen molar-refractivity contribution >= 4 is 20.6 Å². The fourth-order valence-corrected chi connectivity index (χ4v) is 2.58. The Bertz CT molecular complexity index is 632. The molecule has 106 valence electrons. The van der Waals surface area contributed by atoms with Crippen molar-refractivity contribution in [3.63, 3.8) is 0 Å². The molecule has 0 saturated heterocycles. The smallest absolute Gasteiger partial charge is 0.229 e. The molecule has 5 heteroatoms. The summed E-state index contributed by atoms with van der Waals surface area (Å²) in [6.45, 7) is 10.3. The first-order valence-electron chi connectivity index (χ1n) is 6.81. The normalized spacial score (nSPS) is 12.0. The van der Waals surface area contributed by atoms with E-state index in [0.717, 1.165) is 23.0 Å². The summed E-state index contributed by atoms with van der Waals surface area (Å²) in [5.41, 5.74) is 3.03. The predicted octanol–water partition coefficient (Wildman–Crippen LogP) is 3.46. The van der Waals surface area contributed by atoms with Gasteiger partial charge in [-0.05, 0) is 57.6 Å². The molecule has 0 aliphatic carbocycles. The van der Waals surface area contributed by atoms with Gasteiger partial charge >= 0.3 is 0 Å².